The minimum absolute atomic E-state index is 0.645. The van der Waals surface area contributed by atoms with Crippen LogP contribution in [0.25, 0.3) is 5.65 Å². The van der Waals surface area contributed by atoms with Crippen molar-refractivity contribution in [2.24, 2.45) is 0 Å². The number of nitrogens with one attached hydrogen (secondary N) is 2. The van der Waals surface area contributed by atoms with E-state index < -0.39 is 0 Å². The predicted molar refractivity (Wildman–Crippen MR) is 99.5 cm³/mol. The maximum absolute atomic E-state index is 7.00. The van der Waals surface area contributed by atoms with Crippen molar-refractivity contribution in [1.82, 2.24) is 14.6 Å². The molecule has 3 aromatic rings. The van der Waals surface area contributed by atoms with E-state index in [1.54, 1.807) is 22.6 Å². The molecule has 0 aromatic carbocycles. The molecule has 0 aliphatic rings. The second kappa shape index (κ2) is 9.19. The summed E-state index contributed by atoms with van der Waals surface area (Å²) in [6.07, 6.45) is 5.52. The van der Waals surface area contributed by atoms with Gasteiger partial charge in [0, 0.05) is 42.6 Å². The molecule has 3 rings (SSSR count). The van der Waals surface area contributed by atoms with Crippen molar-refractivity contribution in [3.63, 3.8) is 0 Å². The molecule has 0 atom stereocenters. The number of aliphatic hydroxyl groups excluding tert-OH is 1. The molecule has 0 spiro atoms. The maximum atomic E-state index is 7.00. The fraction of sp³-hybridized carbons (Fsp3) is 0.312. The fourth-order valence-corrected chi connectivity index (χ4v) is 2.59. The smallest absolute Gasteiger partial charge is 0.227 e. The third-order valence-electron chi connectivity index (χ3n) is 3.31. The first-order valence-electron chi connectivity index (χ1n) is 7.72. The summed E-state index contributed by atoms with van der Waals surface area (Å²) in [4.78, 5) is 9.72. The molecule has 134 valence electrons. The van der Waals surface area contributed by atoms with Crippen molar-refractivity contribution >= 4 is 33.2 Å². The van der Waals surface area contributed by atoms with Gasteiger partial charge >= 0.3 is 0 Å². The van der Waals surface area contributed by atoms with E-state index in [0.29, 0.717) is 6.54 Å². The van der Waals surface area contributed by atoms with Gasteiger partial charge in [0.2, 0.25) is 12.4 Å². The second-order valence-electron chi connectivity index (χ2n) is 4.89. The van der Waals surface area contributed by atoms with Crippen LogP contribution >= 0.6 is 15.9 Å². The highest BCUT2D eigenvalue weighted by molar-refractivity contribution is 9.10. The van der Waals surface area contributed by atoms with E-state index in [-0.39, 0.29) is 0 Å². The van der Waals surface area contributed by atoms with E-state index in [9.17, 15) is 0 Å². The number of halogens is 1. The third kappa shape index (κ3) is 4.58. The number of pyridine rings is 1. The van der Waals surface area contributed by atoms with E-state index >= 15 is 0 Å². The van der Waals surface area contributed by atoms with Crippen molar-refractivity contribution in [3.8, 4) is 0 Å². The van der Waals surface area contributed by atoms with Crippen molar-refractivity contribution in [2.75, 3.05) is 31.4 Å². The van der Waals surface area contributed by atoms with Crippen molar-refractivity contribution in [3.05, 3.63) is 46.8 Å². The van der Waals surface area contributed by atoms with Gasteiger partial charge in [-0.3, -0.25) is 4.84 Å². The minimum atomic E-state index is 0.645. The average Bonchev–Trinajstić information content (AvgIpc) is 3.03. The van der Waals surface area contributed by atoms with Gasteiger partial charge in [-0.1, -0.05) is 0 Å². The van der Waals surface area contributed by atoms with Crippen LogP contribution < -0.4 is 20.2 Å². The van der Waals surface area contributed by atoms with Crippen LogP contribution in [0.3, 0.4) is 0 Å². The number of nitrogens with zero attached hydrogens (tertiary/aromatic N) is 4. The summed E-state index contributed by atoms with van der Waals surface area (Å²) >= 11 is 3.48. The SMILES string of the molecule is CCNc1cc(NCc2ccc[n+](OC)c2)n2ncc(Br)c2n1.CO. The second-order valence-corrected chi connectivity index (χ2v) is 5.75. The zero-order valence-electron chi connectivity index (χ0n) is 14.4. The largest absolute Gasteiger partial charge is 0.400 e. The molecule has 3 aromatic heterocycles. The normalized spacial score (nSPS) is 10.1. The van der Waals surface area contributed by atoms with Crippen molar-refractivity contribution in [2.45, 2.75) is 13.5 Å². The lowest BCUT2D eigenvalue weighted by Gasteiger charge is -2.10. The Morgan fingerprint density at radius 1 is 1.36 bits per heavy atom. The highest BCUT2D eigenvalue weighted by atomic mass is 79.9. The van der Waals surface area contributed by atoms with Crippen LogP contribution in [0.5, 0.6) is 0 Å². The average molecular weight is 410 g/mol. The van der Waals surface area contributed by atoms with E-state index in [2.05, 4.69) is 36.6 Å². The molecule has 0 aliphatic carbocycles. The van der Waals surface area contributed by atoms with Gasteiger partial charge in [0.15, 0.2) is 5.65 Å². The minimum Gasteiger partial charge on any atom is -0.400 e. The molecule has 0 radical (unpaired) electrons. The number of aromatic nitrogens is 4. The number of anilines is 2. The molecule has 0 saturated heterocycles. The van der Waals surface area contributed by atoms with E-state index in [1.807, 2.05) is 37.5 Å². The molecule has 9 heteroatoms. The Kier molecular flexibility index (Phi) is 6.96. The Morgan fingerprint density at radius 3 is 2.88 bits per heavy atom. The topological polar surface area (TPSA) is 87.6 Å². The van der Waals surface area contributed by atoms with E-state index in [4.69, 9.17) is 9.94 Å². The molecule has 8 nitrogen and oxygen atoms in total. The quantitative estimate of drug-likeness (QED) is 0.534. The van der Waals surface area contributed by atoms with E-state index in [0.717, 1.165) is 41.0 Å². The molecular formula is C16H22BrN6O2+. The van der Waals surface area contributed by atoms with Crippen molar-refractivity contribution in [1.29, 1.82) is 0 Å². The predicted octanol–water partition coefficient (Wildman–Crippen LogP) is 1.49. The Hall–Kier alpha value is -2.39. The lowest BCUT2D eigenvalue weighted by Crippen LogP contribution is -2.40. The Labute approximate surface area is 154 Å². The van der Waals surface area contributed by atoms with Gasteiger partial charge in [-0.25, -0.2) is 4.98 Å². The molecule has 0 unspecified atom stereocenters. The first kappa shape index (κ1) is 18.9. The summed E-state index contributed by atoms with van der Waals surface area (Å²) in [6, 6.07) is 5.92. The number of fused-ring (bicyclic) bond motifs is 1. The third-order valence-corrected chi connectivity index (χ3v) is 3.87. The van der Waals surface area contributed by atoms with Gasteiger partial charge in [0.1, 0.15) is 18.7 Å². The van der Waals surface area contributed by atoms with Crippen LogP contribution in [0, 0.1) is 0 Å². The molecule has 0 fully saturated rings. The van der Waals surface area contributed by atoms with Gasteiger partial charge in [0.05, 0.1) is 10.7 Å². The first-order valence-corrected chi connectivity index (χ1v) is 8.52. The molecule has 0 bridgehead atoms. The number of rotatable bonds is 6. The lowest BCUT2D eigenvalue weighted by atomic mass is 10.3. The van der Waals surface area contributed by atoms with Gasteiger partial charge in [-0.05, 0) is 28.9 Å². The standard InChI is InChI=1S/C15H18BrN6O.CH4O/c1-3-17-13-7-14(22-15(20-13)12(16)9-19-22)18-8-11-5-4-6-21(10-11)23-2;1-2/h4-7,9-10,18H,3,8H2,1-2H3,(H,17,20);2H,1H3/q+1;. The highest BCUT2D eigenvalue weighted by Crippen LogP contribution is 2.22. The van der Waals surface area contributed by atoms with E-state index in [1.165, 1.54) is 0 Å². The highest BCUT2D eigenvalue weighted by Gasteiger charge is 2.10. The summed E-state index contributed by atoms with van der Waals surface area (Å²) in [5.41, 5.74) is 1.86. The van der Waals surface area contributed by atoms with Crippen LogP contribution in [0.2, 0.25) is 0 Å². The van der Waals surface area contributed by atoms with Gasteiger partial charge in [0.25, 0.3) is 0 Å². The summed E-state index contributed by atoms with van der Waals surface area (Å²) < 4.78 is 4.30. The number of hydrogen-bond donors (Lipinski definition) is 3. The zero-order chi connectivity index (χ0) is 18.2. The van der Waals surface area contributed by atoms with Crippen LogP contribution in [-0.2, 0) is 6.54 Å². The summed E-state index contributed by atoms with van der Waals surface area (Å²) in [5.74, 6) is 1.67. The van der Waals surface area contributed by atoms with Gasteiger partial charge in [-0.15, -0.1) is 0 Å². The Bertz CT molecular complexity index is 823. The summed E-state index contributed by atoms with van der Waals surface area (Å²) in [6.45, 7) is 3.49. The summed E-state index contributed by atoms with van der Waals surface area (Å²) in [5, 5.41) is 18.0. The molecule has 0 aliphatic heterocycles. The first-order chi connectivity index (χ1) is 12.2. The molecule has 0 saturated carbocycles. The molecule has 3 heterocycles. The molecule has 25 heavy (non-hydrogen) atoms. The van der Waals surface area contributed by atoms with Crippen LogP contribution in [0.4, 0.5) is 11.6 Å². The fourth-order valence-electron chi connectivity index (χ4n) is 2.25. The maximum Gasteiger partial charge on any atom is 0.227 e. The zero-order valence-corrected chi connectivity index (χ0v) is 16.0. The molecule has 3 N–H and O–H groups in total. The van der Waals surface area contributed by atoms with Gasteiger partial charge < -0.3 is 15.7 Å². The lowest BCUT2D eigenvalue weighted by molar-refractivity contribution is -0.885. The summed E-state index contributed by atoms with van der Waals surface area (Å²) in [7, 11) is 2.63. The number of hydrogen-bond acceptors (Lipinski definition) is 6. The molecular weight excluding hydrogens is 388 g/mol. The van der Waals surface area contributed by atoms with Crippen LogP contribution in [0.15, 0.2) is 41.3 Å². The van der Waals surface area contributed by atoms with Gasteiger partial charge in [-0.2, -0.15) is 9.61 Å². The monoisotopic (exact) mass is 409 g/mol. The Morgan fingerprint density at radius 2 is 2.16 bits per heavy atom. The van der Waals surface area contributed by atoms with Crippen molar-refractivity contribution < 1.29 is 14.7 Å². The number of aliphatic hydroxyl groups is 1. The van der Waals surface area contributed by atoms with Crippen LogP contribution in [-0.4, -0.2) is 40.5 Å². The molecule has 0 amide bonds. The van der Waals surface area contributed by atoms with Crippen LogP contribution in [0.1, 0.15) is 12.5 Å². The Balaban J connectivity index is 0.00000109.